The number of aryl methyl sites for hydroxylation is 1. The van der Waals surface area contributed by atoms with Gasteiger partial charge in [-0.05, 0) is 25.5 Å². The zero-order valence-corrected chi connectivity index (χ0v) is 14.4. The fourth-order valence-electron chi connectivity index (χ4n) is 2.41. The Morgan fingerprint density at radius 1 is 1.38 bits per heavy atom. The highest BCUT2D eigenvalue weighted by molar-refractivity contribution is 6.32. The number of aliphatic carboxylic acids is 1. The summed E-state index contributed by atoms with van der Waals surface area (Å²) in [5, 5.41) is 16.6. The van der Waals surface area contributed by atoms with Gasteiger partial charge in [0.1, 0.15) is 0 Å². The van der Waals surface area contributed by atoms with Crippen molar-refractivity contribution in [3.05, 3.63) is 46.7 Å². The number of rotatable bonds is 7. The highest BCUT2D eigenvalue weighted by Crippen LogP contribution is 2.20. The summed E-state index contributed by atoms with van der Waals surface area (Å²) in [6.45, 7) is 3.77. The number of carbonyl (C=O) groups excluding carboxylic acids is 1. The van der Waals surface area contributed by atoms with Crippen molar-refractivity contribution >= 4 is 23.5 Å². The Morgan fingerprint density at radius 2 is 2.08 bits per heavy atom. The minimum absolute atomic E-state index is 0.0837. The van der Waals surface area contributed by atoms with Crippen LogP contribution < -0.4 is 5.32 Å². The van der Waals surface area contributed by atoms with Crippen LogP contribution in [0.25, 0.3) is 5.69 Å². The SMILES string of the molecule is CCCC(CNC(=O)c1nn(-c2ccccc2Cl)cc1C)C(=O)O. The molecule has 0 aliphatic rings. The van der Waals surface area contributed by atoms with Crippen LogP contribution in [-0.2, 0) is 4.79 Å². The predicted molar refractivity (Wildman–Crippen MR) is 91.7 cm³/mol. The molecule has 1 atom stereocenters. The zero-order chi connectivity index (χ0) is 17.7. The molecule has 1 aromatic heterocycles. The first-order valence-corrected chi connectivity index (χ1v) is 8.14. The number of hydrogen-bond donors (Lipinski definition) is 2. The molecule has 7 heteroatoms. The van der Waals surface area contributed by atoms with E-state index < -0.39 is 11.9 Å². The van der Waals surface area contributed by atoms with Gasteiger partial charge >= 0.3 is 5.97 Å². The van der Waals surface area contributed by atoms with Gasteiger partial charge in [-0.25, -0.2) is 4.68 Å². The average molecular weight is 350 g/mol. The third-order valence-corrected chi connectivity index (χ3v) is 4.03. The maximum Gasteiger partial charge on any atom is 0.308 e. The number of carboxylic acid groups (broad SMARTS) is 1. The molecule has 6 nitrogen and oxygen atoms in total. The monoisotopic (exact) mass is 349 g/mol. The number of hydrogen-bond acceptors (Lipinski definition) is 3. The molecule has 24 heavy (non-hydrogen) atoms. The maximum absolute atomic E-state index is 12.3. The summed E-state index contributed by atoms with van der Waals surface area (Å²) >= 11 is 6.15. The van der Waals surface area contributed by atoms with E-state index in [1.807, 2.05) is 19.1 Å². The van der Waals surface area contributed by atoms with Gasteiger partial charge in [-0.2, -0.15) is 5.10 Å². The fourth-order valence-corrected chi connectivity index (χ4v) is 2.63. The number of carbonyl (C=O) groups is 2. The number of carboxylic acids is 1. The van der Waals surface area contributed by atoms with Crippen molar-refractivity contribution in [1.82, 2.24) is 15.1 Å². The van der Waals surface area contributed by atoms with E-state index >= 15 is 0 Å². The maximum atomic E-state index is 12.3. The normalized spacial score (nSPS) is 12.0. The van der Waals surface area contributed by atoms with Crippen LogP contribution in [0.3, 0.4) is 0 Å². The molecule has 1 heterocycles. The minimum Gasteiger partial charge on any atom is -0.481 e. The lowest BCUT2D eigenvalue weighted by Crippen LogP contribution is -2.33. The standard InChI is InChI=1S/C17H20ClN3O3/c1-3-6-12(17(23)24)9-19-16(22)15-11(2)10-21(20-15)14-8-5-4-7-13(14)18/h4-5,7-8,10,12H,3,6,9H2,1-2H3,(H,19,22)(H,23,24). The molecule has 2 rings (SSSR count). The van der Waals surface area contributed by atoms with Crippen molar-refractivity contribution in [3.8, 4) is 5.69 Å². The first kappa shape index (κ1) is 18.0. The zero-order valence-electron chi connectivity index (χ0n) is 13.6. The summed E-state index contributed by atoms with van der Waals surface area (Å²) < 4.78 is 1.55. The molecule has 0 bridgehead atoms. The van der Waals surface area contributed by atoms with Gasteiger partial charge in [0.05, 0.1) is 16.6 Å². The molecule has 0 spiro atoms. The van der Waals surface area contributed by atoms with E-state index in [1.165, 1.54) is 0 Å². The second-order valence-electron chi connectivity index (χ2n) is 5.59. The highest BCUT2D eigenvalue weighted by Gasteiger charge is 2.20. The number of amides is 1. The van der Waals surface area contributed by atoms with Gasteiger partial charge in [0.25, 0.3) is 5.91 Å². The quantitative estimate of drug-likeness (QED) is 0.804. The Bertz CT molecular complexity index is 742. The highest BCUT2D eigenvalue weighted by atomic mass is 35.5. The average Bonchev–Trinajstić information content (AvgIpc) is 2.93. The van der Waals surface area contributed by atoms with Crippen molar-refractivity contribution in [2.24, 2.45) is 5.92 Å². The van der Waals surface area contributed by atoms with E-state index in [-0.39, 0.29) is 18.1 Å². The molecule has 1 unspecified atom stereocenters. The van der Waals surface area contributed by atoms with Crippen molar-refractivity contribution < 1.29 is 14.7 Å². The molecule has 0 aliphatic heterocycles. The Kier molecular flexibility index (Phi) is 5.98. The van der Waals surface area contributed by atoms with E-state index in [9.17, 15) is 9.59 Å². The molecule has 0 saturated carbocycles. The van der Waals surface area contributed by atoms with Gasteiger partial charge in [0, 0.05) is 18.3 Å². The van der Waals surface area contributed by atoms with E-state index in [4.69, 9.17) is 16.7 Å². The molecule has 2 N–H and O–H groups in total. The van der Waals surface area contributed by atoms with Crippen molar-refractivity contribution in [2.75, 3.05) is 6.54 Å². The Hall–Kier alpha value is -2.34. The molecule has 0 saturated heterocycles. The molecule has 0 fully saturated rings. The number of benzene rings is 1. The first-order valence-electron chi connectivity index (χ1n) is 7.76. The van der Waals surface area contributed by atoms with Gasteiger partial charge in [0.2, 0.25) is 0 Å². The fraction of sp³-hybridized carbons (Fsp3) is 0.353. The number of aromatic nitrogens is 2. The summed E-state index contributed by atoms with van der Waals surface area (Å²) in [4.78, 5) is 23.5. The number of halogens is 1. The summed E-state index contributed by atoms with van der Waals surface area (Å²) in [6.07, 6.45) is 2.98. The molecule has 0 aliphatic carbocycles. The topological polar surface area (TPSA) is 84.2 Å². The first-order chi connectivity index (χ1) is 11.4. The number of nitrogens with zero attached hydrogens (tertiary/aromatic N) is 2. The molecule has 2 aromatic rings. The number of nitrogens with one attached hydrogen (secondary N) is 1. The summed E-state index contributed by atoms with van der Waals surface area (Å²) in [5.41, 5.74) is 1.63. The Balaban J connectivity index is 2.13. The second kappa shape index (κ2) is 7.97. The van der Waals surface area contributed by atoms with Gasteiger partial charge in [-0.1, -0.05) is 37.1 Å². The van der Waals surface area contributed by atoms with Crippen LogP contribution in [0.15, 0.2) is 30.5 Å². The summed E-state index contributed by atoms with van der Waals surface area (Å²) in [6, 6.07) is 7.20. The van der Waals surface area contributed by atoms with Crippen LogP contribution in [0.1, 0.15) is 35.8 Å². The van der Waals surface area contributed by atoms with Crippen molar-refractivity contribution in [3.63, 3.8) is 0 Å². The van der Waals surface area contributed by atoms with E-state index in [0.29, 0.717) is 22.7 Å². The second-order valence-corrected chi connectivity index (χ2v) is 6.00. The Morgan fingerprint density at radius 3 is 2.71 bits per heavy atom. The summed E-state index contributed by atoms with van der Waals surface area (Å²) in [5.74, 6) is -1.89. The molecular formula is C17H20ClN3O3. The molecule has 0 radical (unpaired) electrons. The van der Waals surface area contributed by atoms with Crippen LogP contribution >= 0.6 is 11.6 Å². The van der Waals surface area contributed by atoms with Crippen LogP contribution in [0.2, 0.25) is 5.02 Å². The van der Waals surface area contributed by atoms with Crippen molar-refractivity contribution in [1.29, 1.82) is 0 Å². The summed E-state index contributed by atoms with van der Waals surface area (Å²) in [7, 11) is 0. The molecular weight excluding hydrogens is 330 g/mol. The van der Waals surface area contributed by atoms with E-state index in [0.717, 1.165) is 6.42 Å². The molecule has 1 aromatic carbocycles. The van der Waals surface area contributed by atoms with Gasteiger partial charge in [-0.3, -0.25) is 9.59 Å². The van der Waals surface area contributed by atoms with Crippen LogP contribution in [-0.4, -0.2) is 33.3 Å². The predicted octanol–water partition coefficient (Wildman–Crippen LogP) is 3.06. The number of para-hydroxylation sites is 1. The lowest BCUT2D eigenvalue weighted by atomic mass is 10.0. The minimum atomic E-state index is -0.907. The molecule has 1 amide bonds. The van der Waals surface area contributed by atoms with Crippen LogP contribution in [0, 0.1) is 12.8 Å². The third-order valence-electron chi connectivity index (χ3n) is 3.71. The van der Waals surface area contributed by atoms with Crippen LogP contribution in [0.5, 0.6) is 0 Å². The van der Waals surface area contributed by atoms with E-state index in [1.54, 1.807) is 29.9 Å². The van der Waals surface area contributed by atoms with Gasteiger partial charge < -0.3 is 10.4 Å². The van der Waals surface area contributed by atoms with Gasteiger partial charge in [-0.15, -0.1) is 0 Å². The Labute approximate surface area is 145 Å². The van der Waals surface area contributed by atoms with Crippen molar-refractivity contribution in [2.45, 2.75) is 26.7 Å². The lowest BCUT2D eigenvalue weighted by Gasteiger charge is -2.11. The largest absolute Gasteiger partial charge is 0.481 e. The van der Waals surface area contributed by atoms with Crippen LogP contribution in [0.4, 0.5) is 0 Å². The lowest BCUT2D eigenvalue weighted by molar-refractivity contribution is -0.141. The van der Waals surface area contributed by atoms with Gasteiger partial charge in [0.15, 0.2) is 5.69 Å². The smallest absolute Gasteiger partial charge is 0.308 e. The van der Waals surface area contributed by atoms with E-state index in [2.05, 4.69) is 10.4 Å². The molecule has 128 valence electrons. The third kappa shape index (κ3) is 4.14.